The molecule has 0 N–H and O–H groups in total. The smallest absolute Gasteiger partial charge is 0.306 e. The molecule has 0 saturated heterocycles. The standard InChI is InChI=1S/C13H26O2.Ti/c1-4-5-6-7-8-9-10-11-13(14)15-12(2)3;/h12H,4-11H2,1-3H3;. The molecular formula is C13H26O2Ti. The average Bonchev–Trinajstić information content (AvgIpc) is 2.15. The summed E-state index contributed by atoms with van der Waals surface area (Å²) in [5, 5.41) is 0. The third-order valence-electron chi connectivity index (χ3n) is 2.35. The zero-order chi connectivity index (χ0) is 11.5. The zero-order valence-corrected chi connectivity index (χ0v) is 12.6. The summed E-state index contributed by atoms with van der Waals surface area (Å²) in [6, 6.07) is 0. The van der Waals surface area contributed by atoms with Crippen molar-refractivity contribution in [3.05, 3.63) is 0 Å². The van der Waals surface area contributed by atoms with Crippen LogP contribution in [-0.4, -0.2) is 12.1 Å². The molecule has 0 unspecified atom stereocenters. The molecule has 0 rings (SSSR count). The Labute approximate surface area is 115 Å². The fourth-order valence-electron chi connectivity index (χ4n) is 1.55. The quantitative estimate of drug-likeness (QED) is 0.355. The van der Waals surface area contributed by atoms with Crippen LogP contribution in [0.3, 0.4) is 0 Å². The zero-order valence-electron chi connectivity index (χ0n) is 11.1. The number of hydrogen-bond acceptors (Lipinski definition) is 2. The van der Waals surface area contributed by atoms with E-state index < -0.39 is 0 Å². The Morgan fingerprint density at radius 3 is 2.00 bits per heavy atom. The molecule has 0 radical (unpaired) electrons. The summed E-state index contributed by atoms with van der Waals surface area (Å²) >= 11 is 0. The van der Waals surface area contributed by atoms with Crippen LogP contribution in [0.2, 0.25) is 0 Å². The number of unbranched alkanes of at least 4 members (excludes halogenated alkanes) is 6. The predicted molar refractivity (Wildman–Crippen MR) is 63.8 cm³/mol. The van der Waals surface area contributed by atoms with Gasteiger partial charge in [0.15, 0.2) is 0 Å². The Bertz CT molecular complexity index is 158. The van der Waals surface area contributed by atoms with E-state index in [0.717, 1.165) is 12.8 Å². The largest absolute Gasteiger partial charge is 0.463 e. The van der Waals surface area contributed by atoms with Crippen LogP contribution in [0.5, 0.6) is 0 Å². The van der Waals surface area contributed by atoms with Gasteiger partial charge < -0.3 is 4.74 Å². The average molecular weight is 262 g/mol. The first-order valence-electron chi connectivity index (χ1n) is 6.36. The van der Waals surface area contributed by atoms with Crippen LogP contribution in [0.25, 0.3) is 0 Å². The molecule has 16 heavy (non-hydrogen) atoms. The van der Waals surface area contributed by atoms with E-state index in [1.54, 1.807) is 0 Å². The molecule has 0 spiro atoms. The minimum absolute atomic E-state index is 0. The molecule has 3 heteroatoms. The summed E-state index contributed by atoms with van der Waals surface area (Å²) < 4.78 is 5.06. The molecule has 2 nitrogen and oxygen atoms in total. The van der Waals surface area contributed by atoms with Crippen molar-refractivity contribution < 1.29 is 31.2 Å². The van der Waals surface area contributed by atoms with Crippen molar-refractivity contribution in [1.82, 2.24) is 0 Å². The fourth-order valence-corrected chi connectivity index (χ4v) is 1.55. The van der Waals surface area contributed by atoms with E-state index in [4.69, 9.17) is 4.74 Å². The van der Waals surface area contributed by atoms with E-state index in [2.05, 4.69) is 6.92 Å². The fraction of sp³-hybridized carbons (Fsp3) is 0.923. The van der Waals surface area contributed by atoms with Crippen molar-refractivity contribution in [1.29, 1.82) is 0 Å². The third-order valence-corrected chi connectivity index (χ3v) is 2.35. The van der Waals surface area contributed by atoms with Crippen LogP contribution >= 0.6 is 0 Å². The van der Waals surface area contributed by atoms with Crippen molar-refractivity contribution in [3.63, 3.8) is 0 Å². The molecule has 0 aromatic rings. The molecule has 0 aliphatic carbocycles. The molecule has 0 bridgehead atoms. The SMILES string of the molecule is CCCCCCCCCC(=O)OC(C)C.[Ti]. The van der Waals surface area contributed by atoms with Gasteiger partial charge in [-0.15, -0.1) is 0 Å². The maximum absolute atomic E-state index is 11.2. The molecule has 0 atom stereocenters. The van der Waals surface area contributed by atoms with Crippen LogP contribution in [0.4, 0.5) is 0 Å². The predicted octanol–water partition coefficient (Wildman–Crippen LogP) is 4.08. The van der Waals surface area contributed by atoms with Gasteiger partial charge in [0, 0.05) is 28.1 Å². The first-order chi connectivity index (χ1) is 7.16. The van der Waals surface area contributed by atoms with E-state index in [1.165, 1.54) is 32.1 Å². The number of carbonyl (C=O) groups excluding carboxylic acids is 1. The Morgan fingerprint density at radius 1 is 1.00 bits per heavy atom. The summed E-state index contributed by atoms with van der Waals surface area (Å²) in [7, 11) is 0. The van der Waals surface area contributed by atoms with Gasteiger partial charge in [0.05, 0.1) is 6.10 Å². The third kappa shape index (κ3) is 14.2. The van der Waals surface area contributed by atoms with Gasteiger partial charge in [-0.05, 0) is 20.3 Å². The molecule has 94 valence electrons. The minimum atomic E-state index is -0.0430. The monoisotopic (exact) mass is 262 g/mol. The Balaban J connectivity index is 0. The van der Waals surface area contributed by atoms with Gasteiger partial charge in [-0.1, -0.05) is 45.4 Å². The summed E-state index contributed by atoms with van der Waals surface area (Å²) in [6.07, 6.45) is 9.31. The van der Waals surface area contributed by atoms with Crippen LogP contribution in [0.1, 0.15) is 72.1 Å². The second kappa shape index (κ2) is 13.3. The number of carbonyl (C=O) groups is 1. The summed E-state index contributed by atoms with van der Waals surface area (Å²) in [5.41, 5.74) is 0. The van der Waals surface area contributed by atoms with Gasteiger partial charge in [-0.25, -0.2) is 0 Å². The summed E-state index contributed by atoms with van der Waals surface area (Å²) in [6.45, 7) is 6.01. The van der Waals surface area contributed by atoms with Gasteiger partial charge in [0.2, 0.25) is 0 Å². The molecule has 0 aliphatic heterocycles. The molecule has 0 heterocycles. The van der Waals surface area contributed by atoms with Crippen molar-refractivity contribution in [3.8, 4) is 0 Å². The minimum Gasteiger partial charge on any atom is -0.463 e. The normalized spacial score (nSPS) is 10.0. The van der Waals surface area contributed by atoms with E-state index in [1.807, 2.05) is 13.8 Å². The van der Waals surface area contributed by atoms with Crippen molar-refractivity contribution in [2.45, 2.75) is 78.2 Å². The van der Waals surface area contributed by atoms with Crippen LogP contribution < -0.4 is 0 Å². The second-order valence-electron chi connectivity index (χ2n) is 4.41. The molecule has 0 saturated carbocycles. The topological polar surface area (TPSA) is 26.3 Å². The van der Waals surface area contributed by atoms with E-state index in [-0.39, 0.29) is 33.8 Å². The maximum atomic E-state index is 11.2. The summed E-state index contributed by atoms with van der Waals surface area (Å²) in [4.78, 5) is 11.2. The first kappa shape index (κ1) is 18.5. The Morgan fingerprint density at radius 2 is 1.50 bits per heavy atom. The van der Waals surface area contributed by atoms with Crippen LogP contribution in [0, 0.1) is 0 Å². The molecule has 0 amide bonds. The van der Waals surface area contributed by atoms with Crippen molar-refractivity contribution >= 4 is 5.97 Å². The molecule has 0 aromatic carbocycles. The number of esters is 1. The van der Waals surface area contributed by atoms with Gasteiger partial charge in [0.25, 0.3) is 0 Å². The van der Waals surface area contributed by atoms with E-state index in [9.17, 15) is 4.79 Å². The second-order valence-corrected chi connectivity index (χ2v) is 4.41. The van der Waals surface area contributed by atoms with Gasteiger partial charge >= 0.3 is 5.97 Å². The number of rotatable bonds is 9. The summed E-state index contributed by atoms with van der Waals surface area (Å²) in [5.74, 6) is -0.0430. The first-order valence-corrected chi connectivity index (χ1v) is 6.36. The molecular weight excluding hydrogens is 236 g/mol. The number of hydrogen-bond donors (Lipinski definition) is 0. The molecule has 0 fully saturated rings. The van der Waals surface area contributed by atoms with Gasteiger partial charge in [-0.2, -0.15) is 0 Å². The van der Waals surface area contributed by atoms with E-state index >= 15 is 0 Å². The number of ether oxygens (including phenoxy) is 1. The van der Waals surface area contributed by atoms with Gasteiger partial charge in [0.1, 0.15) is 0 Å². The van der Waals surface area contributed by atoms with Crippen LogP contribution in [0.15, 0.2) is 0 Å². The molecule has 0 aliphatic rings. The van der Waals surface area contributed by atoms with Gasteiger partial charge in [-0.3, -0.25) is 4.79 Å². The maximum Gasteiger partial charge on any atom is 0.306 e. The Kier molecular flexibility index (Phi) is 15.4. The van der Waals surface area contributed by atoms with E-state index in [0.29, 0.717) is 6.42 Å². The van der Waals surface area contributed by atoms with Crippen molar-refractivity contribution in [2.75, 3.05) is 0 Å². The molecule has 0 aromatic heterocycles. The van der Waals surface area contributed by atoms with Crippen molar-refractivity contribution in [2.24, 2.45) is 0 Å². The van der Waals surface area contributed by atoms with Crippen LogP contribution in [-0.2, 0) is 31.2 Å². The Hall–Kier alpha value is 0.184.